The smallest absolute Gasteiger partial charge is 0.00670 e. The van der Waals surface area contributed by atoms with E-state index < -0.39 is 0 Å². The van der Waals surface area contributed by atoms with Gasteiger partial charge < -0.3 is 5.32 Å². The molecular formula is C17H35N. The quantitative estimate of drug-likeness (QED) is 0.560. The number of hydrogen-bond acceptors (Lipinski definition) is 1. The van der Waals surface area contributed by atoms with Crippen molar-refractivity contribution < 1.29 is 0 Å². The minimum Gasteiger partial charge on any atom is -0.314 e. The Morgan fingerprint density at radius 1 is 0.889 bits per heavy atom. The van der Waals surface area contributed by atoms with Gasteiger partial charge in [0, 0.05) is 6.04 Å². The molecule has 0 aromatic rings. The Morgan fingerprint density at radius 3 is 2.22 bits per heavy atom. The molecule has 0 saturated heterocycles. The lowest BCUT2D eigenvalue weighted by molar-refractivity contribution is 0.360. The van der Waals surface area contributed by atoms with E-state index in [1.54, 1.807) is 0 Å². The van der Waals surface area contributed by atoms with Gasteiger partial charge in [-0.3, -0.25) is 0 Å². The summed E-state index contributed by atoms with van der Waals surface area (Å²) in [5.74, 6) is 1.81. The molecule has 1 saturated carbocycles. The molecule has 0 bridgehead atoms. The fraction of sp³-hybridized carbons (Fsp3) is 1.00. The van der Waals surface area contributed by atoms with Crippen LogP contribution in [0.2, 0.25) is 0 Å². The van der Waals surface area contributed by atoms with Crippen LogP contribution in [-0.2, 0) is 0 Å². The monoisotopic (exact) mass is 253 g/mol. The summed E-state index contributed by atoms with van der Waals surface area (Å²) >= 11 is 0. The molecule has 0 aromatic heterocycles. The van der Waals surface area contributed by atoms with Gasteiger partial charge in [0.15, 0.2) is 0 Å². The highest BCUT2D eigenvalue weighted by molar-refractivity contribution is 4.71. The Balaban J connectivity index is 1.89. The molecule has 1 aliphatic carbocycles. The van der Waals surface area contributed by atoms with Gasteiger partial charge in [-0.15, -0.1) is 0 Å². The van der Waals surface area contributed by atoms with Crippen LogP contribution in [0.15, 0.2) is 0 Å². The lowest BCUT2D eigenvalue weighted by Crippen LogP contribution is -2.31. The molecule has 18 heavy (non-hydrogen) atoms. The largest absolute Gasteiger partial charge is 0.314 e. The van der Waals surface area contributed by atoms with Crippen LogP contribution in [0.25, 0.3) is 0 Å². The van der Waals surface area contributed by atoms with Gasteiger partial charge in [-0.05, 0) is 44.1 Å². The van der Waals surface area contributed by atoms with E-state index in [1.165, 1.54) is 70.8 Å². The van der Waals surface area contributed by atoms with E-state index >= 15 is 0 Å². The first-order valence-corrected chi connectivity index (χ1v) is 8.42. The lowest BCUT2D eigenvalue weighted by Gasteiger charge is -2.23. The van der Waals surface area contributed by atoms with Crippen LogP contribution < -0.4 is 5.32 Å². The minimum atomic E-state index is 0.843. The Bertz CT molecular complexity index is 182. The summed E-state index contributed by atoms with van der Waals surface area (Å²) in [4.78, 5) is 0. The second kappa shape index (κ2) is 9.83. The van der Waals surface area contributed by atoms with Crippen LogP contribution in [0.3, 0.4) is 0 Å². The Morgan fingerprint density at radius 2 is 1.56 bits per heavy atom. The van der Waals surface area contributed by atoms with Crippen LogP contribution >= 0.6 is 0 Å². The molecule has 1 nitrogen and oxygen atoms in total. The topological polar surface area (TPSA) is 12.0 Å². The Kier molecular flexibility index (Phi) is 8.75. The molecule has 108 valence electrons. The maximum atomic E-state index is 3.75. The van der Waals surface area contributed by atoms with Crippen LogP contribution in [0.4, 0.5) is 0 Å². The van der Waals surface area contributed by atoms with Gasteiger partial charge in [-0.25, -0.2) is 0 Å². The van der Waals surface area contributed by atoms with Gasteiger partial charge in [-0.2, -0.15) is 0 Å². The van der Waals surface area contributed by atoms with Gasteiger partial charge in [0.25, 0.3) is 0 Å². The van der Waals surface area contributed by atoms with Crippen molar-refractivity contribution in [2.75, 3.05) is 6.54 Å². The zero-order valence-electron chi connectivity index (χ0n) is 13.0. The maximum Gasteiger partial charge on any atom is 0.00670 e. The van der Waals surface area contributed by atoms with E-state index in [0.717, 1.165) is 17.9 Å². The molecule has 1 atom stereocenters. The average Bonchev–Trinajstić information content (AvgIpc) is 2.35. The molecule has 1 N–H and O–H groups in total. The summed E-state index contributed by atoms with van der Waals surface area (Å²) in [6.45, 7) is 8.34. The number of rotatable bonds is 9. The molecule has 0 aliphatic heterocycles. The molecule has 1 rings (SSSR count). The first-order chi connectivity index (χ1) is 8.68. The minimum absolute atomic E-state index is 0.843. The van der Waals surface area contributed by atoms with E-state index in [4.69, 9.17) is 0 Å². The van der Waals surface area contributed by atoms with E-state index in [0.29, 0.717) is 0 Å². The normalized spacial score (nSPS) is 19.3. The summed E-state index contributed by atoms with van der Waals surface area (Å²) in [6, 6.07) is 0.843. The predicted octanol–water partition coefficient (Wildman–Crippen LogP) is 5.15. The lowest BCUT2D eigenvalue weighted by atomic mass is 9.94. The second-order valence-electron chi connectivity index (χ2n) is 6.86. The van der Waals surface area contributed by atoms with E-state index in [-0.39, 0.29) is 0 Å². The van der Waals surface area contributed by atoms with Gasteiger partial charge >= 0.3 is 0 Å². The first-order valence-electron chi connectivity index (χ1n) is 8.42. The van der Waals surface area contributed by atoms with Crippen molar-refractivity contribution in [3.63, 3.8) is 0 Å². The third-order valence-electron chi connectivity index (χ3n) is 4.39. The molecule has 1 unspecified atom stereocenters. The second-order valence-corrected chi connectivity index (χ2v) is 6.86. The van der Waals surface area contributed by atoms with Crippen molar-refractivity contribution in [2.24, 2.45) is 11.8 Å². The van der Waals surface area contributed by atoms with Crippen LogP contribution in [-0.4, -0.2) is 12.6 Å². The third kappa shape index (κ3) is 8.13. The van der Waals surface area contributed by atoms with Crippen molar-refractivity contribution >= 4 is 0 Å². The van der Waals surface area contributed by atoms with Crippen molar-refractivity contribution in [2.45, 2.75) is 91.0 Å². The number of nitrogens with one attached hydrogen (secondary N) is 1. The van der Waals surface area contributed by atoms with E-state index in [2.05, 4.69) is 26.1 Å². The molecule has 0 amide bonds. The molecule has 1 heteroatoms. The van der Waals surface area contributed by atoms with Gasteiger partial charge in [0.05, 0.1) is 0 Å². The zero-order valence-corrected chi connectivity index (χ0v) is 13.0. The SMILES string of the molecule is CC(C)CCCC(C)CCCNC1CCCCC1. The van der Waals surface area contributed by atoms with E-state index in [9.17, 15) is 0 Å². The van der Waals surface area contributed by atoms with Gasteiger partial charge in [-0.1, -0.05) is 59.3 Å². The zero-order chi connectivity index (χ0) is 13.2. The summed E-state index contributed by atoms with van der Waals surface area (Å²) < 4.78 is 0. The molecule has 0 heterocycles. The first kappa shape index (κ1) is 16.0. The highest BCUT2D eigenvalue weighted by atomic mass is 14.9. The van der Waals surface area contributed by atoms with Gasteiger partial charge in [0.1, 0.15) is 0 Å². The van der Waals surface area contributed by atoms with Crippen LogP contribution in [0.5, 0.6) is 0 Å². The summed E-state index contributed by atoms with van der Waals surface area (Å²) in [6.07, 6.45) is 14.3. The van der Waals surface area contributed by atoms with Crippen LogP contribution in [0.1, 0.15) is 85.0 Å². The highest BCUT2D eigenvalue weighted by Crippen LogP contribution is 2.18. The molecule has 0 aromatic carbocycles. The van der Waals surface area contributed by atoms with Crippen molar-refractivity contribution in [1.29, 1.82) is 0 Å². The summed E-state index contributed by atoms with van der Waals surface area (Å²) in [5, 5.41) is 3.75. The standard InChI is InChI=1S/C17H35N/c1-15(2)9-7-10-16(3)11-8-14-18-17-12-5-4-6-13-17/h15-18H,4-14H2,1-3H3. The fourth-order valence-corrected chi connectivity index (χ4v) is 3.08. The maximum absolute atomic E-state index is 3.75. The number of hydrogen-bond donors (Lipinski definition) is 1. The Hall–Kier alpha value is -0.0400. The summed E-state index contributed by atoms with van der Waals surface area (Å²) in [5.41, 5.74) is 0. The molecular weight excluding hydrogens is 218 g/mol. The highest BCUT2D eigenvalue weighted by Gasteiger charge is 2.12. The molecule has 1 fully saturated rings. The predicted molar refractivity (Wildman–Crippen MR) is 82.0 cm³/mol. The molecule has 0 spiro atoms. The molecule has 1 aliphatic rings. The van der Waals surface area contributed by atoms with Crippen LogP contribution in [0, 0.1) is 11.8 Å². The van der Waals surface area contributed by atoms with Crippen molar-refractivity contribution in [1.82, 2.24) is 5.32 Å². The van der Waals surface area contributed by atoms with Crippen molar-refractivity contribution in [3.8, 4) is 0 Å². The third-order valence-corrected chi connectivity index (χ3v) is 4.39. The average molecular weight is 253 g/mol. The van der Waals surface area contributed by atoms with E-state index in [1.807, 2.05) is 0 Å². The summed E-state index contributed by atoms with van der Waals surface area (Å²) in [7, 11) is 0. The fourth-order valence-electron chi connectivity index (χ4n) is 3.08. The van der Waals surface area contributed by atoms with Crippen molar-refractivity contribution in [3.05, 3.63) is 0 Å². The molecule has 0 radical (unpaired) electrons. The Labute approximate surface area is 115 Å². The van der Waals surface area contributed by atoms with Gasteiger partial charge in [0.2, 0.25) is 0 Å².